The van der Waals surface area contributed by atoms with Gasteiger partial charge in [-0.15, -0.1) is 0 Å². The third-order valence-electron chi connectivity index (χ3n) is 2.58. The molecule has 0 aliphatic heterocycles. The van der Waals surface area contributed by atoms with Gasteiger partial charge in [0.15, 0.2) is 11.5 Å². The van der Waals surface area contributed by atoms with E-state index >= 15 is 0 Å². The van der Waals surface area contributed by atoms with Crippen molar-refractivity contribution in [2.75, 3.05) is 0 Å². The molecule has 0 fully saturated rings. The van der Waals surface area contributed by atoms with E-state index in [1.807, 2.05) is 24.3 Å². The van der Waals surface area contributed by atoms with E-state index in [2.05, 4.69) is 29.3 Å². The van der Waals surface area contributed by atoms with E-state index in [4.69, 9.17) is 4.42 Å². The average Bonchev–Trinajstić information content (AvgIpc) is 2.86. The van der Waals surface area contributed by atoms with Crippen LogP contribution in [-0.2, 0) is 6.42 Å². The summed E-state index contributed by atoms with van der Waals surface area (Å²) in [6.07, 6.45) is 9.30. The molecule has 1 heterocycles. The van der Waals surface area contributed by atoms with Crippen LogP contribution in [0.4, 0.5) is 0 Å². The highest BCUT2D eigenvalue weighted by atomic mass is 16.3. The number of rotatable bonds is 2. The van der Waals surface area contributed by atoms with Gasteiger partial charge in [0.2, 0.25) is 0 Å². The quantitative estimate of drug-likeness (QED) is 0.739. The van der Waals surface area contributed by atoms with Crippen LogP contribution in [-0.4, -0.2) is 4.98 Å². The normalized spacial score (nSPS) is 15.5. The van der Waals surface area contributed by atoms with E-state index in [0.29, 0.717) is 5.92 Å². The zero-order valence-corrected chi connectivity index (χ0v) is 8.26. The molecule has 1 aromatic carbocycles. The Morgan fingerprint density at radius 3 is 2.73 bits per heavy atom. The maximum atomic E-state index is 5.65. The Morgan fingerprint density at radius 1 is 1.13 bits per heavy atom. The molecule has 0 unspecified atom stereocenters. The fourth-order valence-electron chi connectivity index (χ4n) is 1.82. The summed E-state index contributed by atoms with van der Waals surface area (Å²) in [6, 6.07) is 7.87. The van der Waals surface area contributed by atoms with Crippen LogP contribution in [0.1, 0.15) is 5.89 Å². The van der Waals surface area contributed by atoms with Crippen LogP contribution in [0.25, 0.3) is 11.1 Å². The molecule has 1 aliphatic rings. The van der Waals surface area contributed by atoms with Crippen LogP contribution in [0.5, 0.6) is 0 Å². The van der Waals surface area contributed by atoms with Crippen molar-refractivity contribution in [1.82, 2.24) is 4.98 Å². The van der Waals surface area contributed by atoms with Crippen molar-refractivity contribution in [3.05, 3.63) is 54.5 Å². The lowest BCUT2D eigenvalue weighted by Gasteiger charge is -1.98. The second kappa shape index (κ2) is 3.39. The Labute approximate surface area is 87.9 Å². The minimum atomic E-state index is 0.443. The fraction of sp³-hybridized carbons (Fsp3) is 0.154. The molecule has 2 heteroatoms. The second-order valence-corrected chi connectivity index (χ2v) is 3.71. The topological polar surface area (TPSA) is 26.0 Å². The molecule has 0 saturated heterocycles. The van der Waals surface area contributed by atoms with Gasteiger partial charge in [-0.25, -0.2) is 4.98 Å². The number of nitrogens with zero attached hydrogens (tertiary/aromatic N) is 1. The van der Waals surface area contributed by atoms with E-state index < -0.39 is 0 Å². The van der Waals surface area contributed by atoms with Crippen LogP contribution in [0, 0.1) is 5.92 Å². The van der Waals surface area contributed by atoms with Gasteiger partial charge in [-0.1, -0.05) is 36.4 Å². The first-order valence-corrected chi connectivity index (χ1v) is 5.11. The van der Waals surface area contributed by atoms with Crippen molar-refractivity contribution in [2.45, 2.75) is 6.42 Å². The van der Waals surface area contributed by atoms with Crippen molar-refractivity contribution >= 4 is 11.1 Å². The van der Waals surface area contributed by atoms with Gasteiger partial charge >= 0.3 is 0 Å². The molecule has 0 amide bonds. The predicted octanol–water partition coefficient (Wildman–Crippen LogP) is 3.11. The molecule has 0 radical (unpaired) electrons. The third kappa shape index (κ3) is 1.59. The van der Waals surface area contributed by atoms with Gasteiger partial charge in [-0.05, 0) is 12.1 Å². The first kappa shape index (κ1) is 8.48. The summed E-state index contributed by atoms with van der Waals surface area (Å²) in [7, 11) is 0. The minimum Gasteiger partial charge on any atom is -0.441 e. The van der Waals surface area contributed by atoms with Gasteiger partial charge in [0, 0.05) is 12.3 Å². The number of allylic oxidation sites excluding steroid dienone is 4. The molecule has 1 aliphatic carbocycles. The van der Waals surface area contributed by atoms with Crippen molar-refractivity contribution in [1.29, 1.82) is 0 Å². The molecule has 0 atom stereocenters. The summed E-state index contributed by atoms with van der Waals surface area (Å²) >= 11 is 0. The van der Waals surface area contributed by atoms with Crippen LogP contribution in [0.2, 0.25) is 0 Å². The molecule has 0 N–H and O–H groups in total. The molecule has 74 valence electrons. The molecule has 1 aromatic heterocycles. The van der Waals surface area contributed by atoms with Crippen molar-refractivity contribution < 1.29 is 4.42 Å². The third-order valence-corrected chi connectivity index (χ3v) is 2.58. The van der Waals surface area contributed by atoms with E-state index in [1.165, 1.54) is 0 Å². The maximum Gasteiger partial charge on any atom is 0.196 e. The number of fused-ring (bicyclic) bond motifs is 1. The maximum absolute atomic E-state index is 5.65. The zero-order valence-electron chi connectivity index (χ0n) is 8.26. The highest BCUT2D eigenvalue weighted by Crippen LogP contribution is 2.19. The highest BCUT2D eigenvalue weighted by Gasteiger charge is 2.10. The monoisotopic (exact) mass is 197 g/mol. The van der Waals surface area contributed by atoms with E-state index in [0.717, 1.165) is 23.4 Å². The van der Waals surface area contributed by atoms with Crippen molar-refractivity contribution in [3.63, 3.8) is 0 Å². The summed E-state index contributed by atoms with van der Waals surface area (Å²) in [5.41, 5.74) is 1.82. The largest absolute Gasteiger partial charge is 0.441 e. The van der Waals surface area contributed by atoms with Gasteiger partial charge in [-0.2, -0.15) is 0 Å². The number of hydrogen-bond donors (Lipinski definition) is 0. The summed E-state index contributed by atoms with van der Waals surface area (Å²) in [5.74, 6) is 1.26. The van der Waals surface area contributed by atoms with Crippen LogP contribution in [0.3, 0.4) is 0 Å². The lowest BCUT2D eigenvalue weighted by atomic mass is 10.1. The van der Waals surface area contributed by atoms with Crippen molar-refractivity contribution in [3.8, 4) is 0 Å². The molecule has 2 aromatic rings. The molecule has 0 saturated carbocycles. The van der Waals surface area contributed by atoms with E-state index in [-0.39, 0.29) is 0 Å². The fourth-order valence-corrected chi connectivity index (χ4v) is 1.82. The molecule has 3 rings (SSSR count). The lowest BCUT2D eigenvalue weighted by Crippen LogP contribution is -1.95. The Morgan fingerprint density at radius 2 is 1.93 bits per heavy atom. The van der Waals surface area contributed by atoms with E-state index in [1.54, 1.807) is 0 Å². The molecule has 0 bridgehead atoms. The summed E-state index contributed by atoms with van der Waals surface area (Å²) in [4.78, 5) is 4.44. The number of para-hydroxylation sites is 2. The van der Waals surface area contributed by atoms with Gasteiger partial charge in [-0.3, -0.25) is 0 Å². The zero-order chi connectivity index (χ0) is 10.1. The number of benzene rings is 1. The second-order valence-electron chi connectivity index (χ2n) is 3.71. The van der Waals surface area contributed by atoms with Gasteiger partial charge in [0.25, 0.3) is 0 Å². The molecular formula is C13H11NO. The Balaban J connectivity index is 1.91. The molecule has 2 nitrogen and oxygen atoms in total. The number of aromatic nitrogens is 1. The Bertz CT molecular complexity index is 491. The number of oxazole rings is 1. The van der Waals surface area contributed by atoms with Crippen LogP contribution < -0.4 is 0 Å². The summed E-state index contributed by atoms with van der Waals surface area (Å²) in [6.45, 7) is 0. The first-order valence-electron chi connectivity index (χ1n) is 5.11. The molecular weight excluding hydrogens is 186 g/mol. The predicted molar refractivity (Wildman–Crippen MR) is 59.5 cm³/mol. The Kier molecular flexibility index (Phi) is 1.91. The Hall–Kier alpha value is -1.83. The lowest BCUT2D eigenvalue weighted by molar-refractivity contribution is 0.512. The van der Waals surface area contributed by atoms with Gasteiger partial charge in [0.05, 0.1) is 0 Å². The van der Waals surface area contributed by atoms with E-state index in [9.17, 15) is 0 Å². The van der Waals surface area contributed by atoms with Gasteiger partial charge < -0.3 is 4.42 Å². The molecule has 0 spiro atoms. The molecule has 15 heavy (non-hydrogen) atoms. The standard InChI is InChI=1S/C13H11NO/c1-2-6-10(5-1)9-13-14-11-7-3-4-8-12(11)15-13/h1-8,10H,9H2. The number of hydrogen-bond acceptors (Lipinski definition) is 2. The van der Waals surface area contributed by atoms with Crippen LogP contribution >= 0.6 is 0 Å². The summed E-state index contributed by atoms with van der Waals surface area (Å²) in [5, 5.41) is 0. The average molecular weight is 197 g/mol. The SMILES string of the molecule is C1=CC(Cc2nc3ccccc3o2)C=C1. The summed E-state index contributed by atoms with van der Waals surface area (Å²) < 4.78 is 5.65. The first-order chi connectivity index (χ1) is 7.42. The minimum absolute atomic E-state index is 0.443. The van der Waals surface area contributed by atoms with Gasteiger partial charge in [0.1, 0.15) is 5.52 Å². The van der Waals surface area contributed by atoms with Crippen LogP contribution in [0.15, 0.2) is 53.0 Å². The van der Waals surface area contributed by atoms with Crippen molar-refractivity contribution in [2.24, 2.45) is 5.92 Å². The smallest absolute Gasteiger partial charge is 0.196 e. The highest BCUT2D eigenvalue weighted by molar-refractivity contribution is 5.72.